The fourth-order valence-electron chi connectivity index (χ4n) is 2.90. The molecular weight excluding hydrogens is 364 g/mol. The van der Waals surface area contributed by atoms with Gasteiger partial charge in [-0.15, -0.1) is 0 Å². The minimum atomic E-state index is 0.416. The van der Waals surface area contributed by atoms with Gasteiger partial charge in [0.1, 0.15) is 18.2 Å². The fraction of sp³-hybridized carbons (Fsp3) is 0.0870. The predicted octanol–water partition coefficient (Wildman–Crippen LogP) is 4.36. The molecule has 6 heteroatoms. The third-order valence-electron chi connectivity index (χ3n) is 4.46. The molecule has 2 heterocycles. The van der Waals surface area contributed by atoms with Crippen molar-refractivity contribution in [2.24, 2.45) is 0 Å². The maximum absolute atomic E-state index is 8.84. The van der Waals surface area contributed by atoms with E-state index in [2.05, 4.69) is 16.2 Å². The summed E-state index contributed by atoms with van der Waals surface area (Å²) in [6, 6.07) is 22.9. The van der Waals surface area contributed by atoms with Crippen LogP contribution in [-0.2, 0) is 13.0 Å². The second kappa shape index (κ2) is 8.28. The highest BCUT2D eigenvalue weighted by molar-refractivity contribution is 5.69. The Morgan fingerprint density at radius 2 is 1.76 bits per heavy atom. The molecule has 6 nitrogen and oxygen atoms in total. The first-order chi connectivity index (χ1) is 14.2. The van der Waals surface area contributed by atoms with Gasteiger partial charge in [-0.1, -0.05) is 29.4 Å². The van der Waals surface area contributed by atoms with Crippen LogP contribution in [0.1, 0.15) is 22.4 Å². The Kier molecular flexibility index (Phi) is 5.21. The first-order valence-corrected chi connectivity index (χ1v) is 9.08. The molecule has 0 aliphatic heterocycles. The second-order valence-corrected chi connectivity index (χ2v) is 6.54. The number of pyridine rings is 1. The van der Waals surface area contributed by atoms with Crippen LogP contribution < -0.4 is 10.5 Å². The molecule has 0 amide bonds. The molecule has 2 N–H and O–H groups in total. The zero-order valence-electron chi connectivity index (χ0n) is 15.6. The zero-order chi connectivity index (χ0) is 20.1. The van der Waals surface area contributed by atoms with Crippen molar-refractivity contribution in [3.63, 3.8) is 0 Å². The van der Waals surface area contributed by atoms with Crippen LogP contribution in [0.3, 0.4) is 0 Å². The molecule has 0 unspecified atom stereocenters. The van der Waals surface area contributed by atoms with E-state index in [0.717, 1.165) is 28.1 Å². The van der Waals surface area contributed by atoms with Gasteiger partial charge in [-0.3, -0.25) is 0 Å². The SMILES string of the molecule is N#Cc1ccc(COc2ccc(Cc3cc(-c4cccnc4N)on3)cc2)cc1. The van der Waals surface area contributed by atoms with Gasteiger partial charge in [0, 0.05) is 18.7 Å². The van der Waals surface area contributed by atoms with E-state index in [0.29, 0.717) is 30.2 Å². The molecule has 0 aliphatic rings. The van der Waals surface area contributed by atoms with E-state index in [1.54, 1.807) is 18.3 Å². The number of hydrogen-bond acceptors (Lipinski definition) is 6. The molecule has 0 spiro atoms. The van der Waals surface area contributed by atoms with Gasteiger partial charge in [0.05, 0.1) is 22.9 Å². The normalized spacial score (nSPS) is 10.4. The Morgan fingerprint density at radius 1 is 1.00 bits per heavy atom. The van der Waals surface area contributed by atoms with Crippen LogP contribution >= 0.6 is 0 Å². The van der Waals surface area contributed by atoms with Gasteiger partial charge < -0.3 is 15.0 Å². The van der Waals surface area contributed by atoms with Gasteiger partial charge >= 0.3 is 0 Å². The lowest BCUT2D eigenvalue weighted by molar-refractivity contribution is 0.306. The summed E-state index contributed by atoms with van der Waals surface area (Å²) in [5, 5.41) is 13.0. The van der Waals surface area contributed by atoms with Crippen molar-refractivity contribution >= 4 is 5.82 Å². The van der Waals surface area contributed by atoms with Gasteiger partial charge in [0.25, 0.3) is 0 Å². The first kappa shape index (κ1) is 18.3. The summed E-state index contributed by atoms with van der Waals surface area (Å²) in [6.45, 7) is 0.449. The van der Waals surface area contributed by atoms with Crippen LogP contribution in [-0.4, -0.2) is 10.1 Å². The second-order valence-electron chi connectivity index (χ2n) is 6.54. The number of anilines is 1. The monoisotopic (exact) mass is 382 g/mol. The molecule has 29 heavy (non-hydrogen) atoms. The summed E-state index contributed by atoms with van der Waals surface area (Å²) >= 11 is 0. The van der Waals surface area contributed by atoms with Crippen molar-refractivity contribution in [1.82, 2.24) is 10.1 Å². The minimum absolute atomic E-state index is 0.416. The van der Waals surface area contributed by atoms with Gasteiger partial charge in [-0.2, -0.15) is 5.26 Å². The van der Waals surface area contributed by atoms with Crippen molar-refractivity contribution in [3.8, 4) is 23.1 Å². The molecule has 142 valence electrons. The van der Waals surface area contributed by atoms with Crippen molar-refractivity contribution in [3.05, 3.63) is 95.3 Å². The molecule has 2 aromatic carbocycles. The maximum Gasteiger partial charge on any atom is 0.170 e. The van der Waals surface area contributed by atoms with E-state index in [-0.39, 0.29) is 0 Å². The van der Waals surface area contributed by atoms with Crippen LogP contribution in [0.5, 0.6) is 5.75 Å². The topological polar surface area (TPSA) is 98.0 Å². The number of nitrogens with zero attached hydrogens (tertiary/aromatic N) is 3. The molecular formula is C23H18N4O2. The molecule has 4 rings (SSSR count). The lowest BCUT2D eigenvalue weighted by Gasteiger charge is -2.07. The van der Waals surface area contributed by atoms with E-state index < -0.39 is 0 Å². The molecule has 0 radical (unpaired) electrons. The largest absolute Gasteiger partial charge is 0.489 e. The smallest absolute Gasteiger partial charge is 0.170 e. The number of ether oxygens (including phenoxy) is 1. The number of benzene rings is 2. The number of nitriles is 1. The molecule has 0 aliphatic carbocycles. The summed E-state index contributed by atoms with van der Waals surface area (Å²) in [7, 11) is 0. The summed E-state index contributed by atoms with van der Waals surface area (Å²) in [4.78, 5) is 4.07. The van der Waals surface area contributed by atoms with Crippen molar-refractivity contribution < 1.29 is 9.26 Å². The van der Waals surface area contributed by atoms with Gasteiger partial charge in [0.15, 0.2) is 5.76 Å². The van der Waals surface area contributed by atoms with E-state index in [1.165, 1.54) is 0 Å². The predicted molar refractivity (Wildman–Crippen MR) is 109 cm³/mol. The number of aromatic nitrogens is 2. The van der Waals surface area contributed by atoms with E-state index in [9.17, 15) is 0 Å². The summed E-state index contributed by atoms with van der Waals surface area (Å²) in [5.74, 6) is 1.80. The average molecular weight is 382 g/mol. The summed E-state index contributed by atoms with van der Waals surface area (Å²) < 4.78 is 11.2. The molecule has 0 atom stereocenters. The van der Waals surface area contributed by atoms with Crippen LogP contribution in [0.25, 0.3) is 11.3 Å². The number of rotatable bonds is 6. The van der Waals surface area contributed by atoms with Crippen molar-refractivity contribution in [1.29, 1.82) is 5.26 Å². The summed E-state index contributed by atoms with van der Waals surface area (Å²) in [6.07, 6.45) is 2.28. The highest BCUT2D eigenvalue weighted by Gasteiger charge is 2.10. The number of nitrogens with two attached hydrogens (primary N) is 1. The quantitative estimate of drug-likeness (QED) is 0.532. The zero-order valence-corrected chi connectivity index (χ0v) is 15.6. The first-order valence-electron chi connectivity index (χ1n) is 9.08. The van der Waals surface area contributed by atoms with Crippen LogP contribution in [0.15, 0.2) is 77.4 Å². The minimum Gasteiger partial charge on any atom is -0.489 e. The van der Waals surface area contributed by atoms with Crippen molar-refractivity contribution in [2.75, 3.05) is 5.73 Å². The highest BCUT2D eigenvalue weighted by Crippen LogP contribution is 2.25. The summed E-state index contributed by atoms with van der Waals surface area (Å²) in [5.41, 5.74) is 10.2. The Bertz CT molecular complexity index is 1140. The third kappa shape index (κ3) is 4.42. The highest BCUT2D eigenvalue weighted by atomic mass is 16.5. The molecule has 0 fully saturated rings. The standard InChI is InChI=1S/C23H18N4O2/c24-14-17-3-5-18(6-4-17)15-28-20-9-7-16(8-10-20)12-19-13-22(29-27-19)21-2-1-11-26-23(21)25/h1-11,13H,12,15H2,(H2,25,26). The fourth-order valence-corrected chi connectivity index (χ4v) is 2.90. The van der Waals surface area contributed by atoms with E-state index in [1.807, 2.05) is 54.6 Å². The van der Waals surface area contributed by atoms with Gasteiger partial charge in [0.2, 0.25) is 0 Å². The third-order valence-corrected chi connectivity index (χ3v) is 4.46. The molecule has 0 saturated heterocycles. The Labute approximate surface area is 168 Å². The molecule has 2 aromatic heterocycles. The molecule has 0 bridgehead atoms. The maximum atomic E-state index is 8.84. The van der Waals surface area contributed by atoms with E-state index in [4.69, 9.17) is 20.3 Å². The number of hydrogen-bond donors (Lipinski definition) is 1. The van der Waals surface area contributed by atoms with Crippen LogP contribution in [0.2, 0.25) is 0 Å². The Balaban J connectivity index is 1.37. The Hall–Kier alpha value is -4.11. The van der Waals surface area contributed by atoms with Crippen LogP contribution in [0, 0.1) is 11.3 Å². The van der Waals surface area contributed by atoms with Gasteiger partial charge in [-0.25, -0.2) is 4.98 Å². The lowest BCUT2D eigenvalue weighted by Crippen LogP contribution is -1.96. The Morgan fingerprint density at radius 3 is 2.48 bits per heavy atom. The molecule has 4 aromatic rings. The van der Waals surface area contributed by atoms with Crippen molar-refractivity contribution in [2.45, 2.75) is 13.0 Å². The lowest BCUT2D eigenvalue weighted by atomic mass is 10.1. The number of nitrogen functional groups attached to an aromatic ring is 1. The average Bonchev–Trinajstić information content (AvgIpc) is 3.22. The van der Waals surface area contributed by atoms with E-state index >= 15 is 0 Å². The molecule has 0 saturated carbocycles. The van der Waals surface area contributed by atoms with Gasteiger partial charge in [-0.05, 0) is 47.5 Å². The van der Waals surface area contributed by atoms with Crippen LogP contribution in [0.4, 0.5) is 5.82 Å².